The Balaban J connectivity index is 1.86. The van der Waals surface area contributed by atoms with Crippen LogP contribution in [0.1, 0.15) is 17.2 Å². The second-order valence-corrected chi connectivity index (χ2v) is 5.30. The summed E-state index contributed by atoms with van der Waals surface area (Å²) in [5.41, 5.74) is 3.88. The van der Waals surface area contributed by atoms with Gasteiger partial charge in [-0.05, 0) is 51.7 Å². The van der Waals surface area contributed by atoms with Gasteiger partial charge in [0, 0.05) is 4.47 Å². The predicted octanol–water partition coefficient (Wildman–Crippen LogP) is 4.17. The van der Waals surface area contributed by atoms with Crippen molar-refractivity contribution < 1.29 is 4.74 Å². The van der Waals surface area contributed by atoms with Crippen molar-refractivity contribution in [1.29, 1.82) is 0 Å². The molecule has 1 N–H and O–H groups in total. The summed E-state index contributed by atoms with van der Waals surface area (Å²) in [4.78, 5) is 0. The monoisotopic (exact) mass is 303 g/mol. The predicted molar refractivity (Wildman–Crippen MR) is 77.2 cm³/mol. The van der Waals surface area contributed by atoms with Crippen LogP contribution in [0.2, 0.25) is 0 Å². The van der Waals surface area contributed by atoms with Crippen molar-refractivity contribution in [2.75, 3.05) is 12.4 Å². The van der Waals surface area contributed by atoms with Gasteiger partial charge in [0.25, 0.3) is 0 Å². The number of anilines is 1. The Morgan fingerprint density at radius 2 is 1.94 bits per heavy atom. The first-order chi connectivity index (χ1) is 8.78. The van der Waals surface area contributed by atoms with Crippen molar-refractivity contribution >= 4 is 21.6 Å². The number of rotatable bonds is 2. The number of fused-ring (bicyclic) bond motifs is 1. The van der Waals surface area contributed by atoms with Gasteiger partial charge in [0.15, 0.2) is 0 Å². The van der Waals surface area contributed by atoms with Gasteiger partial charge < -0.3 is 10.1 Å². The van der Waals surface area contributed by atoms with E-state index in [1.54, 1.807) is 7.11 Å². The summed E-state index contributed by atoms with van der Waals surface area (Å²) in [6.45, 7) is 0. The number of para-hydroxylation sites is 1. The van der Waals surface area contributed by atoms with Gasteiger partial charge in [-0.1, -0.05) is 24.3 Å². The molecular weight excluding hydrogens is 290 g/mol. The fraction of sp³-hybridized carbons (Fsp3) is 0.200. The van der Waals surface area contributed by atoms with Crippen LogP contribution in [0, 0.1) is 0 Å². The number of nitrogens with one attached hydrogen (secondary N) is 1. The maximum absolute atomic E-state index is 5.18. The van der Waals surface area contributed by atoms with Crippen molar-refractivity contribution in [1.82, 2.24) is 0 Å². The van der Waals surface area contributed by atoms with Crippen molar-refractivity contribution in [3.8, 4) is 5.75 Å². The second-order valence-electron chi connectivity index (χ2n) is 4.45. The average Bonchev–Trinajstić information content (AvgIpc) is 2.84. The first-order valence-electron chi connectivity index (χ1n) is 5.96. The summed E-state index contributed by atoms with van der Waals surface area (Å²) in [7, 11) is 1.69. The Morgan fingerprint density at radius 3 is 2.61 bits per heavy atom. The number of methoxy groups -OCH3 is 1. The van der Waals surface area contributed by atoms with E-state index in [9.17, 15) is 0 Å². The van der Waals surface area contributed by atoms with E-state index in [1.807, 2.05) is 12.1 Å². The van der Waals surface area contributed by atoms with E-state index >= 15 is 0 Å². The maximum atomic E-state index is 5.18. The Hall–Kier alpha value is -1.48. The topological polar surface area (TPSA) is 21.3 Å². The normalized spacial score (nSPS) is 17.1. The zero-order valence-corrected chi connectivity index (χ0v) is 11.7. The lowest BCUT2D eigenvalue weighted by molar-refractivity contribution is 0.414. The van der Waals surface area contributed by atoms with Crippen molar-refractivity contribution in [2.24, 2.45) is 0 Å². The first-order valence-corrected chi connectivity index (χ1v) is 6.75. The van der Waals surface area contributed by atoms with Gasteiger partial charge in [-0.25, -0.2) is 0 Å². The molecule has 2 aromatic rings. The molecule has 0 saturated carbocycles. The van der Waals surface area contributed by atoms with Gasteiger partial charge in [-0.3, -0.25) is 0 Å². The molecule has 0 aliphatic carbocycles. The number of ether oxygens (including phenoxy) is 1. The molecule has 3 heteroatoms. The van der Waals surface area contributed by atoms with E-state index < -0.39 is 0 Å². The molecule has 1 unspecified atom stereocenters. The fourth-order valence-electron chi connectivity index (χ4n) is 2.38. The van der Waals surface area contributed by atoms with Gasteiger partial charge >= 0.3 is 0 Å². The quantitative estimate of drug-likeness (QED) is 0.899. The van der Waals surface area contributed by atoms with Gasteiger partial charge in [-0.2, -0.15) is 0 Å². The molecule has 1 atom stereocenters. The summed E-state index contributed by atoms with van der Waals surface area (Å²) < 4.78 is 6.32. The molecule has 18 heavy (non-hydrogen) atoms. The lowest BCUT2D eigenvalue weighted by Crippen LogP contribution is -2.05. The minimum Gasteiger partial charge on any atom is -0.497 e. The van der Waals surface area contributed by atoms with Crippen molar-refractivity contribution in [2.45, 2.75) is 12.5 Å². The largest absolute Gasteiger partial charge is 0.497 e. The third kappa shape index (κ3) is 1.99. The third-order valence-corrected chi connectivity index (χ3v) is 4.02. The Labute approximate surface area is 115 Å². The molecular formula is C15H14BrNO. The molecule has 0 bridgehead atoms. The van der Waals surface area contributed by atoms with Crippen LogP contribution in [0.15, 0.2) is 46.9 Å². The fourth-order valence-corrected chi connectivity index (χ4v) is 2.90. The molecule has 2 nitrogen and oxygen atoms in total. The van der Waals surface area contributed by atoms with E-state index in [0.29, 0.717) is 6.04 Å². The number of hydrogen-bond acceptors (Lipinski definition) is 2. The van der Waals surface area contributed by atoms with Gasteiger partial charge in [0.1, 0.15) is 5.75 Å². The first kappa shape index (κ1) is 11.6. The van der Waals surface area contributed by atoms with E-state index in [2.05, 4.69) is 51.6 Å². The van der Waals surface area contributed by atoms with E-state index in [1.165, 1.54) is 16.8 Å². The zero-order chi connectivity index (χ0) is 12.5. The molecule has 0 saturated heterocycles. The highest BCUT2D eigenvalue weighted by Crippen LogP contribution is 2.38. The molecule has 92 valence electrons. The van der Waals surface area contributed by atoms with Crippen LogP contribution in [0.4, 0.5) is 5.69 Å². The minimum atomic E-state index is 0.351. The van der Waals surface area contributed by atoms with Crippen LogP contribution >= 0.6 is 15.9 Å². The number of hydrogen-bond donors (Lipinski definition) is 1. The van der Waals surface area contributed by atoms with Crippen LogP contribution in [0.5, 0.6) is 5.75 Å². The third-order valence-electron chi connectivity index (χ3n) is 3.36. The molecule has 1 aliphatic heterocycles. The van der Waals surface area contributed by atoms with Crippen LogP contribution in [-0.4, -0.2) is 7.11 Å². The van der Waals surface area contributed by atoms with Gasteiger partial charge in [0.05, 0.1) is 18.8 Å². The van der Waals surface area contributed by atoms with Crippen LogP contribution < -0.4 is 10.1 Å². The number of halogens is 1. The molecule has 0 fully saturated rings. The van der Waals surface area contributed by atoms with E-state index in [0.717, 1.165) is 16.6 Å². The zero-order valence-electron chi connectivity index (χ0n) is 10.1. The average molecular weight is 304 g/mol. The molecule has 0 aromatic heterocycles. The molecule has 0 radical (unpaired) electrons. The Bertz CT molecular complexity index is 565. The smallest absolute Gasteiger partial charge is 0.118 e. The second kappa shape index (κ2) is 4.65. The summed E-state index contributed by atoms with van der Waals surface area (Å²) in [5, 5.41) is 3.57. The molecule has 3 rings (SSSR count). The summed E-state index contributed by atoms with van der Waals surface area (Å²) >= 11 is 3.59. The van der Waals surface area contributed by atoms with Crippen molar-refractivity contribution in [3.05, 3.63) is 58.1 Å². The summed E-state index contributed by atoms with van der Waals surface area (Å²) in [6.07, 6.45) is 1.03. The summed E-state index contributed by atoms with van der Waals surface area (Å²) in [6, 6.07) is 14.9. The minimum absolute atomic E-state index is 0.351. The molecule has 0 amide bonds. The van der Waals surface area contributed by atoms with E-state index in [-0.39, 0.29) is 0 Å². The lowest BCUT2D eigenvalue weighted by Gasteiger charge is -2.12. The molecule has 1 heterocycles. The van der Waals surface area contributed by atoms with Crippen LogP contribution in [-0.2, 0) is 6.42 Å². The molecule has 0 spiro atoms. The van der Waals surface area contributed by atoms with Gasteiger partial charge in [0.2, 0.25) is 0 Å². The SMILES string of the molecule is COc1ccc(C2Cc3cccc(Br)c3N2)cc1. The molecule has 2 aromatic carbocycles. The number of benzene rings is 2. The van der Waals surface area contributed by atoms with E-state index in [4.69, 9.17) is 4.74 Å². The van der Waals surface area contributed by atoms with Crippen LogP contribution in [0.3, 0.4) is 0 Å². The Kier molecular flexibility index (Phi) is 3.00. The highest BCUT2D eigenvalue weighted by atomic mass is 79.9. The molecule has 1 aliphatic rings. The maximum Gasteiger partial charge on any atom is 0.118 e. The highest BCUT2D eigenvalue weighted by molar-refractivity contribution is 9.10. The van der Waals surface area contributed by atoms with Gasteiger partial charge in [-0.15, -0.1) is 0 Å². The lowest BCUT2D eigenvalue weighted by atomic mass is 10.0. The summed E-state index contributed by atoms with van der Waals surface area (Å²) in [5.74, 6) is 0.899. The highest BCUT2D eigenvalue weighted by Gasteiger charge is 2.23. The van der Waals surface area contributed by atoms with Crippen LogP contribution in [0.25, 0.3) is 0 Å². The van der Waals surface area contributed by atoms with Crippen molar-refractivity contribution in [3.63, 3.8) is 0 Å². The Morgan fingerprint density at radius 1 is 1.17 bits per heavy atom. The standard InChI is InChI=1S/C15H14BrNO/c1-18-12-7-5-10(6-8-12)14-9-11-3-2-4-13(16)15(11)17-14/h2-8,14,17H,9H2,1H3.